The lowest BCUT2D eigenvalue weighted by Gasteiger charge is -2.16. The number of esters is 3. The van der Waals surface area contributed by atoms with Gasteiger partial charge in [-0.05, 0) is 79.9 Å². The van der Waals surface area contributed by atoms with Crippen molar-refractivity contribution in [3.8, 4) is 5.75 Å². The Morgan fingerprint density at radius 1 is 0.786 bits per heavy atom. The van der Waals surface area contributed by atoms with E-state index in [2.05, 4.69) is 6.58 Å². The molecular formula is C32H27NO9. The molecule has 1 fully saturated rings. The molecule has 0 saturated heterocycles. The van der Waals surface area contributed by atoms with E-state index in [1.165, 1.54) is 36.4 Å². The smallest absolute Gasteiger partial charge is 0.343 e. The van der Waals surface area contributed by atoms with E-state index in [0.717, 1.165) is 11.0 Å². The zero-order valence-corrected chi connectivity index (χ0v) is 22.5. The first-order valence-electron chi connectivity index (χ1n) is 13.4. The van der Waals surface area contributed by atoms with Crippen molar-refractivity contribution in [3.63, 3.8) is 0 Å². The molecule has 1 aliphatic heterocycles. The van der Waals surface area contributed by atoms with Crippen LogP contribution in [0.3, 0.4) is 0 Å². The van der Waals surface area contributed by atoms with Gasteiger partial charge in [0.15, 0.2) is 0 Å². The molecule has 10 nitrogen and oxygen atoms in total. The number of imide groups is 1. The van der Waals surface area contributed by atoms with Gasteiger partial charge in [0.25, 0.3) is 11.8 Å². The Morgan fingerprint density at radius 2 is 1.31 bits per heavy atom. The molecule has 1 saturated carbocycles. The summed E-state index contributed by atoms with van der Waals surface area (Å²) in [4.78, 5) is 61.1. The summed E-state index contributed by atoms with van der Waals surface area (Å²) >= 11 is 0. The van der Waals surface area contributed by atoms with Gasteiger partial charge in [-0.2, -0.15) is 0 Å². The van der Waals surface area contributed by atoms with Crippen LogP contribution in [0, 0.1) is 11.8 Å². The zero-order valence-electron chi connectivity index (χ0n) is 22.5. The molecule has 0 spiro atoms. The predicted molar refractivity (Wildman–Crippen MR) is 149 cm³/mol. The van der Waals surface area contributed by atoms with E-state index in [9.17, 15) is 24.0 Å². The van der Waals surface area contributed by atoms with Gasteiger partial charge < -0.3 is 18.9 Å². The Balaban J connectivity index is 1.09. The number of rotatable bonds is 12. The van der Waals surface area contributed by atoms with Crippen LogP contribution in [0.25, 0.3) is 0 Å². The lowest BCUT2D eigenvalue weighted by atomic mass is 10.1. The summed E-state index contributed by atoms with van der Waals surface area (Å²) in [6.45, 7) is 4.08. The van der Waals surface area contributed by atoms with Crippen molar-refractivity contribution < 1.29 is 42.9 Å². The number of carbonyl (C=O) groups excluding carboxylic acids is 5. The summed E-state index contributed by atoms with van der Waals surface area (Å²) in [6, 6.07) is 12.6. The molecule has 2 atom stereocenters. The van der Waals surface area contributed by atoms with Crippen LogP contribution in [0.2, 0.25) is 0 Å². The summed E-state index contributed by atoms with van der Waals surface area (Å²) in [5.74, 6) is -0.910. The van der Waals surface area contributed by atoms with Gasteiger partial charge in [-0.3, -0.25) is 9.59 Å². The van der Waals surface area contributed by atoms with E-state index in [0.29, 0.717) is 61.0 Å². The Hall–Kier alpha value is -5.25. The maximum absolute atomic E-state index is 12.7. The van der Waals surface area contributed by atoms with Gasteiger partial charge in [0.1, 0.15) is 17.3 Å². The summed E-state index contributed by atoms with van der Waals surface area (Å²) in [5.41, 5.74) is 1.00. The minimum Gasteiger partial charge on any atom is -0.494 e. The average Bonchev–Trinajstić information content (AvgIpc) is 3.75. The van der Waals surface area contributed by atoms with Crippen molar-refractivity contribution in [2.45, 2.75) is 19.3 Å². The number of nitrogens with zero attached hydrogens (tertiary/aromatic N) is 1. The molecule has 0 aromatic heterocycles. The second-order valence-corrected chi connectivity index (χ2v) is 9.71. The molecule has 2 amide bonds. The highest BCUT2D eigenvalue weighted by atomic mass is 16.5. The van der Waals surface area contributed by atoms with Gasteiger partial charge in [0.05, 0.1) is 30.0 Å². The van der Waals surface area contributed by atoms with Crippen molar-refractivity contribution in [2.24, 2.45) is 11.8 Å². The summed E-state index contributed by atoms with van der Waals surface area (Å²) in [5, 5.41) is 0. The second-order valence-electron chi connectivity index (χ2n) is 9.71. The average molecular weight is 570 g/mol. The molecule has 0 N–H and O–H groups in total. The van der Waals surface area contributed by atoms with E-state index in [1.54, 1.807) is 36.4 Å². The standard InChI is InChI=1S/C32H27NO9/c1-2-30(36)40-18-4-3-17-39-23-11-7-21(8-12-23)32(38)42-27-14-13-26(24-19-25(24)27)41-31(37)20-5-9-22(10-6-20)33-28(34)15-16-29(33)35/h2,5-16,24-25H,1,3-4,17-19H2. The zero-order chi connectivity index (χ0) is 29.6. The number of hydrogen-bond acceptors (Lipinski definition) is 9. The highest BCUT2D eigenvalue weighted by Crippen LogP contribution is 2.52. The Bertz CT molecular complexity index is 1500. The Morgan fingerprint density at radius 3 is 1.86 bits per heavy atom. The number of benzene rings is 2. The maximum atomic E-state index is 12.7. The fourth-order valence-electron chi connectivity index (χ4n) is 4.50. The number of anilines is 1. The van der Waals surface area contributed by atoms with E-state index in [4.69, 9.17) is 18.9 Å². The SMILES string of the molecule is C=CC(=O)OCCCCOc1ccc(C(=O)OC2=CC=C(OC(=O)c3ccc(N4C(=O)C=CC4=O)cc3)C3CC23)cc1. The molecule has 2 unspecified atom stereocenters. The summed E-state index contributed by atoms with van der Waals surface area (Å²) in [7, 11) is 0. The second kappa shape index (κ2) is 12.5. The first-order valence-corrected chi connectivity index (χ1v) is 13.4. The minimum absolute atomic E-state index is 0.0582. The van der Waals surface area contributed by atoms with Crippen molar-refractivity contribution in [1.29, 1.82) is 0 Å². The molecule has 0 radical (unpaired) electrons. The Labute approximate surface area is 241 Å². The molecule has 3 aliphatic rings. The van der Waals surface area contributed by atoms with Crippen molar-refractivity contribution in [1.82, 2.24) is 0 Å². The number of unbranched alkanes of at least 4 members (excludes halogenated alkanes) is 1. The first-order chi connectivity index (χ1) is 20.3. The maximum Gasteiger partial charge on any atom is 0.343 e. The fraction of sp³-hybridized carbons (Fsp3) is 0.219. The van der Waals surface area contributed by atoms with Crippen molar-refractivity contribution in [3.05, 3.63) is 108 Å². The topological polar surface area (TPSA) is 126 Å². The summed E-state index contributed by atoms with van der Waals surface area (Å²) in [6.07, 6.45) is 8.81. The predicted octanol–water partition coefficient (Wildman–Crippen LogP) is 4.44. The third-order valence-corrected chi connectivity index (χ3v) is 6.83. The van der Waals surface area contributed by atoms with Crippen LogP contribution < -0.4 is 9.64 Å². The van der Waals surface area contributed by atoms with Crippen LogP contribution in [0.5, 0.6) is 5.75 Å². The lowest BCUT2D eigenvalue weighted by Crippen LogP contribution is -2.29. The third kappa shape index (κ3) is 6.55. The molecule has 214 valence electrons. The highest BCUT2D eigenvalue weighted by molar-refractivity contribution is 6.28. The number of hydrogen-bond donors (Lipinski definition) is 0. The number of allylic oxidation sites excluding steroid dienone is 4. The summed E-state index contributed by atoms with van der Waals surface area (Å²) < 4.78 is 21.8. The number of amides is 2. The van der Waals surface area contributed by atoms with E-state index < -0.39 is 29.7 Å². The number of carbonyl (C=O) groups is 5. The van der Waals surface area contributed by atoms with Crippen molar-refractivity contribution in [2.75, 3.05) is 18.1 Å². The molecule has 5 rings (SSSR count). The fourth-order valence-corrected chi connectivity index (χ4v) is 4.50. The first kappa shape index (κ1) is 28.3. The largest absolute Gasteiger partial charge is 0.494 e. The lowest BCUT2D eigenvalue weighted by molar-refractivity contribution is -0.137. The minimum atomic E-state index is -0.567. The quantitative estimate of drug-likeness (QED) is 0.120. The van der Waals surface area contributed by atoms with Crippen LogP contribution in [0.1, 0.15) is 40.0 Å². The monoisotopic (exact) mass is 569 g/mol. The highest BCUT2D eigenvalue weighted by Gasteiger charge is 2.48. The Kier molecular flexibility index (Phi) is 8.42. The third-order valence-electron chi connectivity index (χ3n) is 6.83. The van der Waals surface area contributed by atoms with E-state index in [-0.39, 0.29) is 17.4 Å². The molecule has 2 aromatic rings. The molecule has 1 heterocycles. The van der Waals surface area contributed by atoms with Crippen molar-refractivity contribution >= 4 is 35.4 Å². The van der Waals surface area contributed by atoms with Gasteiger partial charge in [0, 0.05) is 30.1 Å². The van der Waals surface area contributed by atoms with Crippen LogP contribution in [0.15, 0.2) is 97.0 Å². The van der Waals surface area contributed by atoms with Gasteiger partial charge in [-0.1, -0.05) is 6.58 Å². The molecular weight excluding hydrogens is 542 g/mol. The van der Waals surface area contributed by atoms with Gasteiger partial charge in [0.2, 0.25) is 0 Å². The van der Waals surface area contributed by atoms with Crippen LogP contribution in [-0.2, 0) is 28.6 Å². The van der Waals surface area contributed by atoms with Gasteiger partial charge in [-0.25, -0.2) is 19.3 Å². The molecule has 2 aromatic carbocycles. The van der Waals surface area contributed by atoms with Gasteiger partial charge in [-0.15, -0.1) is 0 Å². The molecule has 10 heteroatoms. The van der Waals surface area contributed by atoms with Crippen LogP contribution >= 0.6 is 0 Å². The molecule has 0 bridgehead atoms. The van der Waals surface area contributed by atoms with Crippen LogP contribution in [-0.4, -0.2) is 42.9 Å². The van der Waals surface area contributed by atoms with E-state index >= 15 is 0 Å². The molecule has 2 aliphatic carbocycles. The van der Waals surface area contributed by atoms with Crippen LogP contribution in [0.4, 0.5) is 5.69 Å². The van der Waals surface area contributed by atoms with E-state index in [1.807, 2.05) is 0 Å². The normalized spacial score (nSPS) is 18.4. The van der Waals surface area contributed by atoms with Gasteiger partial charge >= 0.3 is 17.9 Å². The number of fused-ring (bicyclic) bond motifs is 1. The molecule has 42 heavy (non-hydrogen) atoms. The number of ether oxygens (including phenoxy) is 4.